The summed E-state index contributed by atoms with van der Waals surface area (Å²) in [6.07, 6.45) is -0.770. The van der Waals surface area contributed by atoms with Crippen LogP contribution < -0.4 is 20.7 Å². The van der Waals surface area contributed by atoms with Crippen molar-refractivity contribution in [3.05, 3.63) is 128 Å². The SMILES string of the molecule is Cc1ncsc1-c1ccc(CNC(=O)C2C[C@@H](O)CN2C(=O)[C@@H](NC(=O)COCCOCCOc2ccc(NC(=O)C[C@@H]3N=C(c4ccc(Cl)cc4)c4c(sc(C)c4C)-n4c(C)nnc43)cc2)C(C)(C)C)cc1. The van der Waals surface area contributed by atoms with Crippen molar-refractivity contribution < 1.29 is 38.5 Å². The smallest absolute Gasteiger partial charge is 0.246 e. The van der Waals surface area contributed by atoms with Gasteiger partial charge in [-0.1, -0.05) is 68.8 Å². The number of thiophene rings is 1. The molecule has 6 aromatic rings. The van der Waals surface area contributed by atoms with Gasteiger partial charge in [0.2, 0.25) is 23.6 Å². The number of aromatic nitrogens is 4. The number of hydrogen-bond donors (Lipinski definition) is 4. The highest BCUT2D eigenvalue weighted by Gasteiger charge is 2.44. The monoisotopic (exact) mass is 1050 g/mol. The predicted molar refractivity (Wildman–Crippen MR) is 282 cm³/mol. The lowest BCUT2D eigenvalue weighted by molar-refractivity contribution is -0.144. The minimum atomic E-state index is -0.987. The summed E-state index contributed by atoms with van der Waals surface area (Å²) in [6.45, 7) is 14.2. The van der Waals surface area contributed by atoms with Crippen LogP contribution in [0.5, 0.6) is 5.75 Å². The zero-order chi connectivity index (χ0) is 52.0. The highest BCUT2D eigenvalue weighted by molar-refractivity contribution is 7.15. The first kappa shape index (κ1) is 53.0. The topological polar surface area (TPSA) is 211 Å². The molecule has 1 saturated heterocycles. The standard InChI is InChI=1S/C53H60ClN9O8S2/c1-30-32(3)73-52-45(30)46(35-12-14-37(54)15-13-35)58-41(49-61-60-33(4)63(49)52)25-43(65)57-38-16-18-40(19-17-38)71-23-22-69-20-21-70-28-44(66)59-48(53(5,6)7)51(68)62-27-39(64)24-42(62)50(67)55-26-34-8-10-36(11-9-34)47-31(2)56-29-72-47/h8-19,29,39,41-42,48,64H,20-28H2,1-7H3,(H,55,67)(H,57,65)(H,59,66)/t39-,41+,42?,48-/m1/s1. The number of carbonyl (C=O) groups excluding carboxylic acids is 4. The summed E-state index contributed by atoms with van der Waals surface area (Å²) >= 11 is 9.47. The van der Waals surface area contributed by atoms with E-state index < -0.39 is 41.5 Å². The van der Waals surface area contributed by atoms with Gasteiger partial charge in [0.15, 0.2) is 5.82 Å². The van der Waals surface area contributed by atoms with Crippen molar-refractivity contribution in [2.75, 3.05) is 44.9 Å². The summed E-state index contributed by atoms with van der Waals surface area (Å²) in [5.74, 6) is 0.302. The molecule has 2 aliphatic rings. The Balaban J connectivity index is 0.753. The fourth-order valence-corrected chi connectivity index (χ4v) is 10.9. The lowest BCUT2D eigenvalue weighted by Gasteiger charge is -2.35. The Morgan fingerprint density at radius 1 is 0.877 bits per heavy atom. The molecule has 0 saturated carbocycles. The van der Waals surface area contributed by atoms with Gasteiger partial charge in [-0.05, 0) is 86.2 Å². The molecule has 0 spiro atoms. The summed E-state index contributed by atoms with van der Waals surface area (Å²) in [5.41, 5.74) is 8.33. The number of rotatable bonds is 19. The zero-order valence-corrected chi connectivity index (χ0v) is 44.3. The number of likely N-dealkylation sites (tertiary alicyclic amines) is 1. The van der Waals surface area contributed by atoms with E-state index in [1.165, 1.54) is 4.90 Å². The highest BCUT2D eigenvalue weighted by Crippen LogP contribution is 2.40. The summed E-state index contributed by atoms with van der Waals surface area (Å²) in [7, 11) is 0. The average Bonchev–Trinajstić information content (AvgIpc) is 4.13. The molecule has 20 heteroatoms. The molecular formula is C53H60ClN9O8S2. The molecule has 1 fully saturated rings. The Bertz CT molecular complexity index is 2970. The molecule has 0 radical (unpaired) electrons. The second kappa shape index (κ2) is 23.2. The maximum Gasteiger partial charge on any atom is 0.246 e. The second-order valence-electron chi connectivity index (χ2n) is 19.1. The molecule has 3 aromatic carbocycles. The number of aliphatic hydroxyl groups is 1. The van der Waals surface area contributed by atoms with Gasteiger partial charge in [-0.25, -0.2) is 4.98 Å². The minimum absolute atomic E-state index is 0.0298. The van der Waals surface area contributed by atoms with Crippen LogP contribution in [0.1, 0.15) is 84.1 Å². The third kappa shape index (κ3) is 12.7. The number of hydrogen-bond acceptors (Lipinski definition) is 14. The molecular weight excluding hydrogens is 990 g/mol. The number of halogens is 1. The number of fused-ring (bicyclic) bond motifs is 3. The number of ether oxygens (including phenoxy) is 3. The number of benzene rings is 3. The largest absolute Gasteiger partial charge is 0.491 e. The van der Waals surface area contributed by atoms with Gasteiger partial charge in [0, 0.05) is 46.2 Å². The summed E-state index contributed by atoms with van der Waals surface area (Å²) in [4.78, 5) is 67.2. The lowest BCUT2D eigenvalue weighted by Crippen LogP contribution is -2.58. The van der Waals surface area contributed by atoms with E-state index >= 15 is 0 Å². The van der Waals surface area contributed by atoms with E-state index in [0.717, 1.165) is 54.0 Å². The average molecular weight is 1050 g/mol. The number of nitrogens with one attached hydrogen (secondary N) is 3. The normalized spacial score (nSPS) is 16.8. The van der Waals surface area contributed by atoms with Crippen molar-refractivity contribution in [2.45, 2.75) is 92.1 Å². The molecule has 8 rings (SSSR count). The second-order valence-corrected chi connectivity index (χ2v) is 21.6. The van der Waals surface area contributed by atoms with Crippen molar-refractivity contribution in [1.29, 1.82) is 0 Å². The van der Waals surface area contributed by atoms with Crippen molar-refractivity contribution in [3.8, 4) is 21.2 Å². The van der Waals surface area contributed by atoms with Gasteiger partial charge < -0.3 is 40.2 Å². The van der Waals surface area contributed by atoms with Crippen LogP contribution in [0.15, 0.2) is 83.3 Å². The first-order chi connectivity index (χ1) is 34.9. The molecule has 4 atom stereocenters. The van der Waals surface area contributed by atoms with Crippen LogP contribution in [0.25, 0.3) is 15.4 Å². The molecule has 384 valence electrons. The van der Waals surface area contributed by atoms with E-state index in [9.17, 15) is 24.3 Å². The summed E-state index contributed by atoms with van der Waals surface area (Å²) in [6, 6.07) is 19.9. The van der Waals surface area contributed by atoms with E-state index in [0.29, 0.717) is 28.1 Å². The van der Waals surface area contributed by atoms with Crippen LogP contribution in [0.2, 0.25) is 5.02 Å². The molecule has 73 heavy (non-hydrogen) atoms. The van der Waals surface area contributed by atoms with Crippen LogP contribution in [0.3, 0.4) is 0 Å². The van der Waals surface area contributed by atoms with E-state index in [-0.39, 0.29) is 70.8 Å². The summed E-state index contributed by atoms with van der Waals surface area (Å²) < 4.78 is 19.1. The van der Waals surface area contributed by atoms with E-state index in [2.05, 4.69) is 45.0 Å². The first-order valence-corrected chi connectivity index (χ1v) is 26.1. The van der Waals surface area contributed by atoms with Crippen LogP contribution >= 0.6 is 34.3 Å². The van der Waals surface area contributed by atoms with E-state index in [4.69, 9.17) is 30.8 Å². The molecule has 0 aliphatic carbocycles. The van der Waals surface area contributed by atoms with Crippen LogP contribution in [0, 0.1) is 33.1 Å². The molecule has 17 nitrogen and oxygen atoms in total. The Morgan fingerprint density at radius 3 is 2.27 bits per heavy atom. The van der Waals surface area contributed by atoms with Crippen LogP contribution in [0.4, 0.5) is 5.69 Å². The molecule has 4 amide bonds. The Hall–Kier alpha value is -6.35. The molecule has 5 heterocycles. The summed E-state index contributed by atoms with van der Waals surface area (Å²) in [5, 5.41) is 29.8. The number of aliphatic imine (C=N–C) groups is 1. The molecule has 1 unspecified atom stereocenters. The van der Waals surface area contributed by atoms with Crippen LogP contribution in [-0.4, -0.2) is 117 Å². The number of β-amino-alcohol motifs (C(OH)–C–C–N with tert-alkyl or cyclic N) is 1. The van der Waals surface area contributed by atoms with Crippen LogP contribution in [-0.2, 0) is 35.2 Å². The van der Waals surface area contributed by atoms with Gasteiger partial charge in [0.25, 0.3) is 0 Å². The minimum Gasteiger partial charge on any atom is -0.491 e. The third-order valence-corrected chi connectivity index (χ3v) is 15.1. The number of carbonyl (C=O) groups is 4. The number of aliphatic hydroxyl groups excluding tert-OH is 1. The zero-order valence-electron chi connectivity index (χ0n) is 41.9. The van der Waals surface area contributed by atoms with Crippen molar-refractivity contribution in [1.82, 2.24) is 35.3 Å². The number of aryl methyl sites for hydroxylation is 3. The van der Waals surface area contributed by atoms with Crippen molar-refractivity contribution >= 4 is 69.3 Å². The number of thiazole rings is 1. The maximum absolute atomic E-state index is 14.0. The molecule has 2 aliphatic heterocycles. The molecule has 0 bridgehead atoms. The van der Waals surface area contributed by atoms with Crippen molar-refractivity contribution in [2.24, 2.45) is 10.4 Å². The fourth-order valence-electron chi connectivity index (χ4n) is 8.74. The van der Waals surface area contributed by atoms with Gasteiger partial charge >= 0.3 is 0 Å². The van der Waals surface area contributed by atoms with Crippen molar-refractivity contribution in [3.63, 3.8) is 0 Å². The van der Waals surface area contributed by atoms with Gasteiger partial charge in [-0.2, -0.15) is 0 Å². The van der Waals surface area contributed by atoms with Gasteiger partial charge in [0.1, 0.15) is 47.9 Å². The number of nitrogens with zero attached hydrogens (tertiary/aromatic N) is 6. The van der Waals surface area contributed by atoms with Gasteiger partial charge in [-0.15, -0.1) is 32.9 Å². The first-order valence-electron chi connectivity index (χ1n) is 24.0. The quantitative estimate of drug-likeness (QED) is 0.0584. The Kier molecular flexibility index (Phi) is 16.9. The third-order valence-electron chi connectivity index (χ3n) is 12.7. The van der Waals surface area contributed by atoms with Gasteiger partial charge in [-0.3, -0.25) is 28.7 Å². The Morgan fingerprint density at radius 2 is 1.58 bits per heavy atom. The number of anilines is 1. The van der Waals surface area contributed by atoms with Gasteiger partial charge in [0.05, 0.1) is 54.1 Å². The highest BCUT2D eigenvalue weighted by atomic mass is 35.5. The fraction of sp³-hybridized carbons (Fsp3) is 0.396. The number of amides is 4. The van der Waals surface area contributed by atoms with E-state index in [1.54, 1.807) is 46.9 Å². The maximum atomic E-state index is 14.0. The Labute approximate surface area is 437 Å². The molecule has 4 N–H and O–H groups in total. The molecule has 3 aromatic heterocycles. The predicted octanol–water partition coefficient (Wildman–Crippen LogP) is 7.48. The van der Waals surface area contributed by atoms with E-state index in [1.807, 2.05) is 93.2 Å². The lowest BCUT2D eigenvalue weighted by atomic mass is 9.85.